The lowest BCUT2D eigenvalue weighted by Gasteiger charge is -2.35. The highest BCUT2D eigenvalue weighted by molar-refractivity contribution is 5.29. The molecule has 20 heavy (non-hydrogen) atoms. The highest BCUT2D eigenvalue weighted by Gasteiger charge is 2.42. The molecule has 1 unspecified atom stereocenters. The fourth-order valence-corrected chi connectivity index (χ4v) is 3.20. The van der Waals surface area contributed by atoms with Gasteiger partial charge in [-0.1, -0.05) is 24.3 Å². The molecule has 0 aromatic heterocycles. The van der Waals surface area contributed by atoms with Crippen molar-refractivity contribution in [2.75, 3.05) is 0 Å². The molecule has 0 radical (unpaired) electrons. The van der Waals surface area contributed by atoms with Gasteiger partial charge in [0.05, 0.1) is 5.92 Å². The van der Waals surface area contributed by atoms with Crippen molar-refractivity contribution in [3.63, 3.8) is 0 Å². The molecule has 0 saturated heterocycles. The minimum atomic E-state index is -4.06. The Bertz CT molecular complexity index is 437. The van der Waals surface area contributed by atoms with Crippen LogP contribution in [0.4, 0.5) is 13.2 Å². The van der Waals surface area contributed by atoms with E-state index < -0.39 is 12.1 Å². The Morgan fingerprint density at radius 2 is 1.75 bits per heavy atom. The van der Waals surface area contributed by atoms with Gasteiger partial charge in [0, 0.05) is 6.04 Å². The molecule has 1 atom stereocenters. The molecule has 0 heterocycles. The number of hydrazine groups is 1. The molecule has 1 aromatic carbocycles. The van der Waals surface area contributed by atoms with E-state index in [-0.39, 0.29) is 24.8 Å². The molecule has 1 aliphatic rings. The Morgan fingerprint density at radius 1 is 1.15 bits per heavy atom. The monoisotopic (exact) mass is 286 g/mol. The highest BCUT2D eigenvalue weighted by atomic mass is 19.4. The Kier molecular flexibility index (Phi) is 4.70. The molecule has 0 aliphatic heterocycles. The van der Waals surface area contributed by atoms with Crippen molar-refractivity contribution in [2.24, 2.45) is 17.7 Å². The van der Waals surface area contributed by atoms with Crippen molar-refractivity contribution in [2.45, 2.75) is 44.8 Å². The molecule has 0 amide bonds. The van der Waals surface area contributed by atoms with Crippen molar-refractivity contribution in [1.82, 2.24) is 5.43 Å². The molecule has 1 aliphatic carbocycles. The second-order valence-electron chi connectivity index (χ2n) is 5.65. The zero-order chi connectivity index (χ0) is 14.8. The average Bonchev–Trinajstić information content (AvgIpc) is 2.41. The number of rotatable bonds is 3. The van der Waals surface area contributed by atoms with Crippen LogP contribution < -0.4 is 11.3 Å². The van der Waals surface area contributed by atoms with Crippen LogP contribution in [0.5, 0.6) is 0 Å². The third-order valence-corrected chi connectivity index (χ3v) is 4.41. The standard InChI is InChI=1S/C15H21F3N2/c1-10-4-2-3-5-13(10)14(20-19)11-6-8-12(9-7-11)15(16,17)18/h2-5,11-12,14,20H,6-9,19H2,1H3. The molecule has 2 rings (SSSR count). The van der Waals surface area contributed by atoms with Gasteiger partial charge < -0.3 is 0 Å². The molecule has 3 N–H and O–H groups in total. The van der Waals surface area contributed by atoms with Crippen molar-refractivity contribution >= 4 is 0 Å². The van der Waals surface area contributed by atoms with Crippen LogP contribution in [0.15, 0.2) is 24.3 Å². The highest BCUT2D eigenvalue weighted by Crippen LogP contribution is 2.43. The van der Waals surface area contributed by atoms with Gasteiger partial charge in [-0.15, -0.1) is 0 Å². The predicted octanol–water partition coefficient (Wildman–Crippen LogP) is 3.87. The van der Waals surface area contributed by atoms with E-state index in [1.807, 2.05) is 31.2 Å². The molecule has 2 nitrogen and oxygen atoms in total. The number of hydrogen-bond donors (Lipinski definition) is 2. The second kappa shape index (κ2) is 6.14. The number of nitrogens with two attached hydrogens (primary N) is 1. The maximum absolute atomic E-state index is 12.7. The van der Waals surface area contributed by atoms with Crippen LogP contribution >= 0.6 is 0 Å². The van der Waals surface area contributed by atoms with Crippen LogP contribution in [0.3, 0.4) is 0 Å². The predicted molar refractivity (Wildman–Crippen MR) is 72.7 cm³/mol. The first-order valence-electron chi connectivity index (χ1n) is 7.02. The van der Waals surface area contributed by atoms with Crippen molar-refractivity contribution in [3.05, 3.63) is 35.4 Å². The number of alkyl halides is 3. The summed E-state index contributed by atoms with van der Waals surface area (Å²) in [5, 5.41) is 0. The first-order valence-corrected chi connectivity index (χ1v) is 7.02. The maximum Gasteiger partial charge on any atom is 0.391 e. The second-order valence-corrected chi connectivity index (χ2v) is 5.65. The Balaban J connectivity index is 2.06. The topological polar surface area (TPSA) is 38.0 Å². The zero-order valence-corrected chi connectivity index (χ0v) is 11.6. The Hall–Kier alpha value is -1.07. The molecule has 112 valence electrons. The van der Waals surface area contributed by atoms with E-state index in [0.29, 0.717) is 12.8 Å². The van der Waals surface area contributed by atoms with Gasteiger partial charge >= 0.3 is 6.18 Å². The lowest BCUT2D eigenvalue weighted by Crippen LogP contribution is -2.37. The minimum absolute atomic E-state index is 0.0645. The Labute approximate surface area is 117 Å². The summed E-state index contributed by atoms with van der Waals surface area (Å²) in [4.78, 5) is 0. The van der Waals surface area contributed by atoms with Gasteiger partial charge in [0.2, 0.25) is 0 Å². The van der Waals surface area contributed by atoms with E-state index in [4.69, 9.17) is 5.84 Å². The first kappa shape index (κ1) is 15.3. The van der Waals surface area contributed by atoms with Gasteiger partial charge in [0.25, 0.3) is 0 Å². The van der Waals surface area contributed by atoms with Gasteiger partial charge in [-0.3, -0.25) is 11.3 Å². The van der Waals surface area contributed by atoms with Gasteiger partial charge in [-0.2, -0.15) is 13.2 Å². The van der Waals surface area contributed by atoms with Crippen molar-refractivity contribution in [1.29, 1.82) is 0 Å². The van der Waals surface area contributed by atoms with E-state index in [1.54, 1.807) is 0 Å². The van der Waals surface area contributed by atoms with Gasteiger partial charge in [0.15, 0.2) is 0 Å². The van der Waals surface area contributed by atoms with Crippen LogP contribution in [0.25, 0.3) is 0 Å². The molecule has 1 saturated carbocycles. The third kappa shape index (κ3) is 3.33. The SMILES string of the molecule is Cc1ccccc1C(NN)C1CCC(C(F)(F)F)CC1. The first-order chi connectivity index (χ1) is 9.43. The summed E-state index contributed by atoms with van der Waals surface area (Å²) in [5.74, 6) is 4.67. The largest absolute Gasteiger partial charge is 0.391 e. The molecular formula is C15H21F3N2. The summed E-state index contributed by atoms with van der Waals surface area (Å²) in [6.45, 7) is 2.00. The van der Waals surface area contributed by atoms with Crippen LogP contribution in [0, 0.1) is 18.8 Å². The fourth-order valence-electron chi connectivity index (χ4n) is 3.20. The lowest BCUT2D eigenvalue weighted by molar-refractivity contribution is -0.184. The number of benzene rings is 1. The molecule has 1 aromatic rings. The van der Waals surface area contributed by atoms with Crippen molar-refractivity contribution < 1.29 is 13.2 Å². The van der Waals surface area contributed by atoms with Gasteiger partial charge in [-0.25, -0.2) is 0 Å². The number of nitrogens with one attached hydrogen (secondary N) is 1. The van der Waals surface area contributed by atoms with E-state index in [0.717, 1.165) is 11.1 Å². The zero-order valence-electron chi connectivity index (χ0n) is 11.6. The maximum atomic E-state index is 12.7. The summed E-state index contributed by atoms with van der Waals surface area (Å²) in [6, 6.07) is 7.82. The minimum Gasteiger partial charge on any atom is -0.271 e. The number of halogens is 3. The normalized spacial score (nSPS) is 25.4. The summed E-state index contributed by atoms with van der Waals surface area (Å²) in [5.41, 5.74) is 5.01. The van der Waals surface area contributed by atoms with Gasteiger partial charge in [-0.05, 0) is 49.7 Å². The van der Waals surface area contributed by atoms with Crippen molar-refractivity contribution in [3.8, 4) is 0 Å². The quantitative estimate of drug-likeness (QED) is 0.654. The van der Waals surface area contributed by atoms with Crippen LogP contribution in [-0.4, -0.2) is 6.18 Å². The van der Waals surface area contributed by atoms with Gasteiger partial charge in [0.1, 0.15) is 0 Å². The van der Waals surface area contributed by atoms with E-state index in [9.17, 15) is 13.2 Å². The summed E-state index contributed by atoms with van der Waals surface area (Å²) in [7, 11) is 0. The third-order valence-electron chi connectivity index (χ3n) is 4.41. The van der Waals surface area contributed by atoms with E-state index in [2.05, 4.69) is 5.43 Å². The molecule has 0 bridgehead atoms. The molecule has 5 heteroatoms. The number of hydrogen-bond acceptors (Lipinski definition) is 2. The van der Waals surface area contributed by atoms with Crippen LogP contribution in [0.2, 0.25) is 0 Å². The fraction of sp³-hybridized carbons (Fsp3) is 0.600. The smallest absolute Gasteiger partial charge is 0.271 e. The Morgan fingerprint density at radius 3 is 2.25 bits per heavy atom. The molecular weight excluding hydrogens is 265 g/mol. The summed E-state index contributed by atoms with van der Waals surface area (Å²) >= 11 is 0. The van der Waals surface area contributed by atoms with Crippen LogP contribution in [0.1, 0.15) is 42.9 Å². The number of aryl methyl sites for hydroxylation is 1. The molecule has 1 fully saturated rings. The summed E-state index contributed by atoms with van der Waals surface area (Å²) in [6.07, 6.45) is -2.52. The summed E-state index contributed by atoms with van der Waals surface area (Å²) < 4.78 is 38.1. The van der Waals surface area contributed by atoms with E-state index >= 15 is 0 Å². The lowest BCUT2D eigenvalue weighted by atomic mass is 9.76. The van der Waals surface area contributed by atoms with Crippen LogP contribution in [-0.2, 0) is 0 Å². The average molecular weight is 286 g/mol. The molecule has 0 spiro atoms. The van der Waals surface area contributed by atoms with E-state index in [1.165, 1.54) is 0 Å².